The molecule has 1 aromatic heterocycles. The lowest BCUT2D eigenvalue weighted by molar-refractivity contribution is -0.125. The van der Waals surface area contributed by atoms with Gasteiger partial charge >= 0.3 is 0 Å². The first-order valence-electron chi connectivity index (χ1n) is 9.38. The van der Waals surface area contributed by atoms with Gasteiger partial charge in [-0.25, -0.2) is 4.98 Å². The topological polar surface area (TPSA) is 60.5 Å². The number of rotatable bonds is 7. The van der Waals surface area contributed by atoms with Gasteiger partial charge in [-0.3, -0.25) is 4.79 Å². The summed E-state index contributed by atoms with van der Waals surface area (Å²) in [5.41, 5.74) is 0.988. The molecule has 1 amide bonds. The Labute approximate surface area is 165 Å². The number of anilines is 1. The Bertz CT molecular complexity index is 741. The molecule has 144 valence electrons. The number of aromatic nitrogens is 1. The van der Waals surface area contributed by atoms with Gasteiger partial charge < -0.3 is 14.8 Å². The highest BCUT2D eigenvalue weighted by atomic mass is 35.5. The zero-order chi connectivity index (χ0) is 19.1. The smallest absolute Gasteiger partial charge is 0.235 e. The number of carbonyl (C=O) groups excluding carboxylic acids is 1. The van der Waals surface area contributed by atoms with E-state index in [4.69, 9.17) is 21.1 Å². The summed E-state index contributed by atoms with van der Waals surface area (Å²) in [7, 11) is 0. The quantitative estimate of drug-likeness (QED) is 0.704. The lowest BCUT2D eigenvalue weighted by Gasteiger charge is -2.36. The Morgan fingerprint density at radius 2 is 1.96 bits per heavy atom. The third-order valence-corrected chi connectivity index (χ3v) is 5.17. The number of carbonyl (C=O) groups is 1. The Morgan fingerprint density at radius 1 is 1.22 bits per heavy atom. The normalized spacial score (nSPS) is 15.9. The fourth-order valence-electron chi connectivity index (χ4n) is 3.25. The van der Waals surface area contributed by atoms with E-state index in [0.717, 1.165) is 18.4 Å². The van der Waals surface area contributed by atoms with E-state index in [1.54, 1.807) is 12.3 Å². The summed E-state index contributed by atoms with van der Waals surface area (Å²) >= 11 is 6.02. The zero-order valence-electron chi connectivity index (χ0n) is 15.5. The highest BCUT2D eigenvalue weighted by molar-refractivity contribution is 6.30. The van der Waals surface area contributed by atoms with Gasteiger partial charge in [-0.15, -0.1) is 0 Å². The molecule has 27 heavy (non-hydrogen) atoms. The second-order valence-electron chi connectivity index (χ2n) is 6.74. The third-order valence-electron chi connectivity index (χ3n) is 4.92. The molecule has 0 atom stereocenters. The van der Waals surface area contributed by atoms with Crippen LogP contribution >= 0.6 is 11.6 Å². The van der Waals surface area contributed by atoms with Crippen molar-refractivity contribution in [2.45, 2.75) is 38.0 Å². The largest absolute Gasteiger partial charge is 0.478 e. The number of pyridine rings is 1. The number of nitrogens with zero attached hydrogens (tertiary/aromatic N) is 1. The van der Waals surface area contributed by atoms with Crippen molar-refractivity contribution in [2.24, 2.45) is 0 Å². The maximum atomic E-state index is 13.2. The number of ether oxygens (including phenoxy) is 2. The van der Waals surface area contributed by atoms with Crippen molar-refractivity contribution >= 4 is 23.2 Å². The van der Waals surface area contributed by atoms with Gasteiger partial charge in [0.05, 0.1) is 23.9 Å². The van der Waals surface area contributed by atoms with Gasteiger partial charge in [0.25, 0.3) is 0 Å². The minimum absolute atomic E-state index is 0.0467. The van der Waals surface area contributed by atoms with Crippen molar-refractivity contribution in [3.05, 3.63) is 53.2 Å². The van der Waals surface area contributed by atoms with Gasteiger partial charge in [0.2, 0.25) is 11.8 Å². The summed E-state index contributed by atoms with van der Waals surface area (Å²) in [5.74, 6) is 0.523. The second kappa shape index (κ2) is 9.20. The average Bonchev–Trinajstić information content (AvgIpc) is 2.70. The van der Waals surface area contributed by atoms with Crippen molar-refractivity contribution in [3.8, 4) is 5.88 Å². The van der Waals surface area contributed by atoms with Crippen molar-refractivity contribution in [3.63, 3.8) is 0 Å². The van der Waals surface area contributed by atoms with E-state index in [1.165, 1.54) is 0 Å². The molecule has 1 aliphatic rings. The van der Waals surface area contributed by atoms with E-state index < -0.39 is 5.41 Å². The standard InChI is InChI=1S/C21H25ClN2O3/c1-2-3-12-27-19-9-8-18(15-23-19)24-20(25)21(10-13-26-14-11-21)16-4-6-17(22)7-5-16/h4-9,15H,2-3,10-14H2,1H3,(H,24,25). The Hall–Kier alpha value is -2.11. The first-order valence-corrected chi connectivity index (χ1v) is 9.76. The fraction of sp³-hybridized carbons (Fsp3) is 0.429. The predicted octanol–water partition coefficient (Wildman–Crippen LogP) is 4.60. The maximum absolute atomic E-state index is 13.2. The highest BCUT2D eigenvalue weighted by Gasteiger charge is 2.41. The van der Waals surface area contributed by atoms with Crippen LogP contribution in [0.25, 0.3) is 0 Å². The number of unbranched alkanes of at least 4 members (excludes halogenated alkanes) is 1. The lowest BCUT2D eigenvalue weighted by Crippen LogP contribution is -2.44. The van der Waals surface area contributed by atoms with Crippen LogP contribution in [0.5, 0.6) is 5.88 Å². The molecule has 2 heterocycles. The van der Waals surface area contributed by atoms with Crippen molar-refractivity contribution in [2.75, 3.05) is 25.1 Å². The highest BCUT2D eigenvalue weighted by Crippen LogP contribution is 2.36. The Morgan fingerprint density at radius 3 is 2.59 bits per heavy atom. The molecule has 1 aliphatic heterocycles. The van der Waals surface area contributed by atoms with Crippen LogP contribution in [-0.4, -0.2) is 30.7 Å². The van der Waals surface area contributed by atoms with E-state index in [9.17, 15) is 4.79 Å². The molecule has 3 rings (SSSR count). The number of halogens is 1. The van der Waals surface area contributed by atoms with Crippen LogP contribution in [-0.2, 0) is 14.9 Å². The minimum Gasteiger partial charge on any atom is -0.478 e. The number of hydrogen-bond donors (Lipinski definition) is 1. The fourth-order valence-corrected chi connectivity index (χ4v) is 3.37. The summed E-state index contributed by atoms with van der Waals surface area (Å²) in [6, 6.07) is 11.1. The first-order chi connectivity index (χ1) is 13.1. The molecule has 0 saturated carbocycles. The van der Waals surface area contributed by atoms with Gasteiger partial charge in [-0.05, 0) is 43.0 Å². The van der Waals surface area contributed by atoms with E-state index in [1.807, 2.05) is 30.3 Å². The molecule has 1 saturated heterocycles. The summed E-state index contributed by atoms with van der Waals surface area (Å²) < 4.78 is 11.1. The predicted molar refractivity (Wildman–Crippen MR) is 106 cm³/mol. The zero-order valence-corrected chi connectivity index (χ0v) is 16.3. The number of nitrogens with one attached hydrogen (secondary N) is 1. The molecular weight excluding hydrogens is 364 g/mol. The number of benzene rings is 1. The van der Waals surface area contributed by atoms with E-state index in [2.05, 4.69) is 17.2 Å². The summed E-state index contributed by atoms with van der Waals surface area (Å²) in [4.78, 5) is 17.5. The molecule has 0 unspecified atom stereocenters. The molecule has 0 radical (unpaired) electrons. The van der Waals surface area contributed by atoms with Crippen LogP contribution in [0.1, 0.15) is 38.2 Å². The molecule has 5 nitrogen and oxygen atoms in total. The summed E-state index contributed by atoms with van der Waals surface area (Å²) in [5, 5.41) is 3.67. The van der Waals surface area contributed by atoms with Crippen LogP contribution in [0, 0.1) is 0 Å². The second-order valence-corrected chi connectivity index (χ2v) is 7.18. The molecule has 6 heteroatoms. The van der Waals surface area contributed by atoms with Crippen LogP contribution < -0.4 is 10.1 Å². The molecule has 1 aromatic carbocycles. The SMILES string of the molecule is CCCCOc1ccc(NC(=O)C2(c3ccc(Cl)cc3)CCOCC2)cn1. The molecule has 2 aromatic rings. The van der Waals surface area contributed by atoms with Gasteiger partial charge in [0.15, 0.2) is 0 Å². The van der Waals surface area contributed by atoms with E-state index in [0.29, 0.717) is 49.3 Å². The van der Waals surface area contributed by atoms with E-state index in [-0.39, 0.29) is 5.91 Å². The molecule has 0 bridgehead atoms. The monoisotopic (exact) mass is 388 g/mol. The molecule has 1 N–H and O–H groups in total. The number of hydrogen-bond acceptors (Lipinski definition) is 4. The van der Waals surface area contributed by atoms with Crippen LogP contribution in [0.2, 0.25) is 5.02 Å². The minimum atomic E-state index is -0.626. The third kappa shape index (κ3) is 4.79. The maximum Gasteiger partial charge on any atom is 0.235 e. The van der Waals surface area contributed by atoms with Crippen molar-refractivity contribution in [1.82, 2.24) is 4.98 Å². The van der Waals surface area contributed by atoms with E-state index >= 15 is 0 Å². The molecule has 0 aliphatic carbocycles. The first kappa shape index (κ1) is 19.6. The molecular formula is C21H25ClN2O3. The van der Waals surface area contributed by atoms with Gasteiger partial charge in [0.1, 0.15) is 0 Å². The molecule has 0 spiro atoms. The van der Waals surface area contributed by atoms with Crippen LogP contribution in [0.3, 0.4) is 0 Å². The lowest BCUT2D eigenvalue weighted by atomic mass is 9.73. The van der Waals surface area contributed by atoms with Gasteiger partial charge in [-0.2, -0.15) is 0 Å². The molecule has 1 fully saturated rings. The van der Waals surface area contributed by atoms with Gasteiger partial charge in [0, 0.05) is 24.3 Å². The van der Waals surface area contributed by atoms with Crippen molar-refractivity contribution in [1.29, 1.82) is 0 Å². The Kier molecular flexibility index (Phi) is 6.69. The van der Waals surface area contributed by atoms with Crippen molar-refractivity contribution < 1.29 is 14.3 Å². The summed E-state index contributed by atoms with van der Waals surface area (Å²) in [6.07, 6.45) is 4.96. The Balaban J connectivity index is 1.74. The summed E-state index contributed by atoms with van der Waals surface area (Å²) in [6.45, 7) is 3.87. The number of amides is 1. The van der Waals surface area contributed by atoms with Gasteiger partial charge in [-0.1, -0.05) is 37.1 Å². The van der Waals surface area contributed by atoms with Crippen LogP contribution in [0.4, 0.5) is 5.69 Å². The average molecular weight is 389 g/mol. The van der Waals surface area contributed by atoms with Crippen LogP contribution in [0.15, 0.2) is 42.6 Å².